The van der Waals surface area contributed by atoms with Crippen LogP contribution in [0.3, 0.4) is 0 Å². The van der Waals surface area contributed by atoms with Crippen molar-refractivity contribution in [3.05, 3.63) is 88.9 Å². The lowest BCUT2D eigenvalue weighted by Gasteiger charge is -2.18. The summed E-state index contributed by atoms with van der Waals surface area (Å²) in [6, 6.07) is 23.2. The van der Waals surface area contributed by atoms with Crippen LogP contribution >= 0.6 is 11.6 Å². The van der Waals surface area contributed by atoms with Crippen LogP contribution in [-0.4, -0.2) is 33.1 Å². The highest BCUT2D eigenvalue weighted by Gasteiger charge is 2.19. The van der Waals surface area contributed by atoms with E-state index in [1.807, 2.05) is 56.3 Å². The van der Waals surface area contributed by atoms with Gasteiger partial charge in [-0.05, 0) is 61.1 Å². The number of sulfonamides is 1. The van der Waals surface area contributed by atoms with Crippen molar-refractivity contribution in [2.75, 3.05) is 12.8 Å². The molecule has 3 aromatic rings. The topological polar surface area (TPSA) is 72.5 Å². The van der Waals surface area contributed by atoms with Crippen molar-refractivity contribution < 1.29 is 17.9 Å². The monoisotopic (exact) mass is 499 g/mol. The first-order valence-electron chi connectivity index (χ1n) is 11.2. The zero-order valence-electron chi connectivity index (χ0n) is 19.6. The highest BCUT2D eigenvalue weighted by molar-refractivity contribution is 7.88. The first-order chi connectivity index (χ1) is 16.1. The molecular formula is C27H30ClNO4S. The molecule has 0 radical (unpaired) electrons. The summed E-state index contributed by atoms with van der Waals surface area (Å²) in [5, 5.41) is 0.377. The third-order valence-corrected chi connectivity index (χ3v) is 6.30. The van der Waals surface area contributed by atoms with Gasteiger partial charge in [0.15, 0.2) is 5.78 Å². The van der Waals surface area contributed by atoms with Gasteiger partial charge in [0.1, 0.15) is 5.75 Å². The van der Waals surface area contributed by atoms with Crippen LogP contribution in [0.1, 0.15) is 36.2 Å². The Morgan fingerprint density at radius 1 is 0.971 bits per heavy atom. The molecule has 0 aliphatic carbocycles. The standard InChI is InChI=1S/C27H30ClNO4S/c1-19(2)33-27-14-13-24(17-25(27)28)26(30)16-21(18-29-34(3,31)32)15-20-9-11-23(12-10-20)22-7-5-4-6-8-22/h4-14,17,19,21,29H,15-16,18H2,1-3H3/t21-/m1/s1. The van der Waals surface area contributed by atoms with Crippen LogP contribution in [0, 0.1) is 5.92 Å². The number of hydrogen-bond donors (Lipinski definition) is 1. The largest absolute Gasteiger partial charge is 0.489 e. The Bertz CT molecular complexity index is 1210. The molecule has 1 N–H and O–H groups in total. The molecule has 3 aromatic carbocycles. The van der Waals surface area contributed by atoms with E-state index in [2.05, 4.69) is 16.9 Å². The summed E-state index contributed by atoms with van der Waals surface area (Å²) in [6.45, 7) is 3.98. The van der Waals surface area contributed by atoms with Crippen LogP contribution in [0.4, 0.5) is 0 Å². The predicted molar refractivity (Wildman–Crippen MR) is 138 cm³/mol. The van der Waals surface area contributed by atoms with E-state index in [0.717, 1.165) is 22.9 Å². The molecule has 34 heavy (non-hydrogen) atoms. The van der Waals surface area contributed by atoms with E-state index in [1.165, 1.54) is 0 Å². The summed E-state index contributed by atoms with van der Waals surface area (Å²) in [5.41, 5.74) is 3.74. The Hall–Kier alpha value is -2.67. The van der Waals surface area contributed by atoms with Gasteiger partial charge in [0.2, 0.25) is 10.0 Å². The molecule has 0 fully saturated rings. The number of ketones is 1. The van der Waals surface area contributed by atoms with Gasteiger partial charge in [0.05, 0.1) is 17.4 Å². The van der Waals surface area contributed by atoms with E-state index in [4.69, 9.17) is 16.3 Å². The summed E-state index contributed by atoms with van der Waals surface area (Å²) >= 11 is 6.30. The average Bonchev–Trinajstić information content (AvgIpc) is 2.79. The first-order valence-corrected chi connectivity index (χ1v) is 13.5. The molecule has 0 bridgehead atoms. The lowest BCUT2D eigenvalue weighted by Crippen LogP contribution is -2.30. The van der Waals surface area contributed by atoms with Crippen molar-refractivity contribution in [2.24, 2.45) is 5.92 Å². The van der Waals surface area contributed by atoms with E-state index >= 15 is 0 Å². The van der Waals surface area contributed by atoms with Crippen molar-refractivity contribution in [1.82, 2.24) is 4.72 Å². The first kappa shape index (κ1) is 25.9. The van der Waals surface area contributed by atoms with E-state index in [0.29, 0.717) is 22.8 Å². The number of hydrogen-bond acceptors (Lipinski definition) is 4. The second-order valence-electron chi connectivity index (χ2n) is 8.69. The fourth-order valence-corrected chi connectivity index (χ4v) is 4.45. The molecule has 0 saturated carbocycles. The highest BCUT2D eigenvalue weighted by Crippen LogP contribution is 2.28. The molecular weight excluding hydrogens is 470 g/mol. The predicted octanol–water partition coefficient (Wildman–Crippen LogP) is 5.78. The van der Waals surface area contributed by atoms with Gasteiger partial charge in [-0.3, -0.25) is 4.79 Å². The Morgan fingerprint density at radius 2 is 1.62 bits per heavy atom. The molecule has 0 aliphatic heterocycles. The molecule has 0 aliphatic rings. The van der Waals surface area contributed by atoms with Gasteiger partial charge in [-0.15, -0.1) is 0 Å². The van der Waals surface area contributed by atoms with Crippen LogP contribution in [0.25, 0.3) is 11.1 Å². The lowest BCUT2D eigenvalue weighted by molar-refractivity contribution is 0.0961. The SMILES string of the molecule is CC(C)Oc1ccc(C(=O)C[C@H](CNS(C)(=O)=O)Cc2ccc(-c3ccccc3)cc2)cc1Cl. The second-order valence-corrected chi connectivity index (χ2v) is 10.9. The number of Topliss-reactive ketones (excluding diaryl/α,β-unsaturated/α-hetero) is 1. The number of ether oxygens (including phenoxy) is 1. The highest BCUT2D eigenvalue weighted by atomic mass is 35.5. The average molecular weight is 500 g/mol. The maximum Gasteiger partial charge on any atom is 0.208 e. The van der Waals surface area contributed by atoms with Crippen molar-refractivity contribution in [3.63, 3.8) is 0 Å². The van der Waals surface area contributed by atoms with E-state index in [9.17, 15) is 13.2 Å². The van der Waals surface area contributed by atoms with Gasteiger partial charge in [0, 0.05) is 18.5 Å². The second kappa shape index (κ2) is 11.6. The number of benzene rings is 3. The summed E-state index contributed by atoms with van der Waals surface area (Å²) in [6.07, 6.45) is 1.84. The molecule has 7 heteroatoms. The molecule has 5 nitrogen and oxygen atoms in total. The summed E-state index contributed by atoms with van der Waals surface area (Å²) in [4.78, 5) is 13.0. The number of carbonyl (C=O) groups excluding carboxylic acids is 1. The van der Waals surface area contributed by atoms with E-state index < -0.39 is 10.0 Å². The molecule has 0 spiro atoms. The van der Waals surface area contributed by atoms with Crippen LogP contribution in [0.5, 0.6) is 5.75 Å². The Labute approximate surface area is 207 Å². The fourth-order valence-electron chi connectivity index (χ4n) is 3.69. The van der Waals surface area contributed by atoms with Crippen molar-refractivity contribution in [3.8, 4) is 16.9 Å². The molecule has 0 heterocycles. The number of nitrogens with one attached hydrogen (secondary N) is 1. The van der Waals surface area contributed by atoms with Crippen LogP contribution in [0.2, 0.25) is 5.02 Å². The maximum atomic E-state index is 13.0. The van der Waals surface area contributed by atoms with Gasteiger partial charge < -0.3 is 4.74 Å². The minimum absolute atomic E-state index is 0.0289. The quantitative estimate of drug-likeness (QED) is 0.340. The van der Waals surface area contributed by atoms with Gasteiger partial charge in [-0.1, -0.05) is 66.2 Å². The van der Waals surface area contributed by atoms with E-state index in [1.54, 1.807) is 18.2 Å². The maximum absolute atomic E-state index is 13.0. The minimum atomic E-state index is -3.38. The molecule has 180 valence electrons. The zero-order valence-corrected chi connectivity index (χ0v) is 21.2. The normalized spacial score (nSPS) is 12.5. The zero-order chi connectivity index (χ0) is 24.7. The number of rotatable bonds is 11. The van der Waals surface area contributed by atoms with Gasteiger partial charge in [0.25, 0.3) is 0 Å². The number of halogens is 1. The summed E-state index contributed by atoms with van der Waals surface area (Å²) in [5.74, 6) is 0.219. The summed E-state index contributed by atoms with van der Waals surface area (Å²) in [7, 11) is -3.38. The lowest BCUT2D eigenvalue weighted by atomic mass is 9.91. The smallest absolute Gasteiger partial charge is 0.208 e. The third kappa shape index (κ3) is 7.97. The number of carbonyl (C=O) groups is 1. The molecule has 0 amide bonds. The van der Waals surface area contributed by atoms with Crippen LogP contribution in [-0.2, 0) is 16.4 Å². The Balaban J connectivity index is 1.74. The van der Waals surface area contributed by atoms with Crippen molar-refractivity contribution in [1.29, 1.82) is 0 Å². The Kier molecular flexibility index (Phi) is 8.89. The molecule has 0 unspecified atom stereocenters. The van der Waals surface area contributed by atoms with Crippen LogP contribution in [0.15, 0.2) is 72.8 Å². The Morgan fingerprint density at radius 3 is 2.21 bits per heavy atom. The van der Waals surface area contributed by atoms with Crippen molar-refractivity contribution in [2.45, 2.75) is 32.8 Å². The van der Waals surface area contributed by atoms with Gasteiger partial charge >= 0.3 is 0 Å². The molecule has 1 atom stereocenters. The third-order valence-electron chi connectivity index (χ3n) is 5.31. The van der Waals surface area contributed by atoms with E-state index in [-0.39, 0.29) is 30.8 Å². The summed E-state index contributed by atoms with van der Waals surface area (Å²) < 4.78 is 31.6. The molecule has 0 saturated heterocycles. The van der Waals surface area contributed by atoms with Gasteiger partial charge in [-0.25, -0.2) is 13.1 Å². The molecule has 3 rings (SSSR count). The van der Waals surface area contributed by atoms with Crippen LogP contribution < -0.4 is 9.46 Å². The van der Waals surface area contributed by atoms with Gasteiger partial charge in [-0.2, -0.15) is 0 Å². The van der Waals surface area contributed by atoms with Crippen molar-refractivity contribution >= 4 is 27.4 Å². The minimum Gasteiger partial charge on any atom is -0.489 e. The molecule has 0 aromatic heterocycles. The fraction of sp³-hybridized carbons (Fsp3) is 0.296.